The molecule has 3 aromatic rings. The van der Waals surface area contributed by atoms with Gasteiger partial charge in [-0.2, -0.15) is 5.26 Å². The summed E-state index contributed by atoms with van der Waals surface area (Å²) in [5.41, 5.74) is 2.36. The van der Waals surface area contributed by atoms with Crippen LogP contribution in [-0.2, 0) is 22.6 Å². The second-order valence-electron chi connectivity index (χ2n) is 13.1. The summed E-state index contributed by atoms with van der Waals surface area (Å²) >= 11 is 0.742. The van der Waals surface area contributed by atoms with Crippen LogP contribution in [0.3, 0.4) is 0 Å². The minimum atomic E-state index is -2.66. The number of likely N-dealkylation sites (tertiary alicyclic amines) is 1. The predicted molar refractivity (Wildman–Crippen MR) is 165 cm³/mol. The SMILES string of the molecule is CC(C)(C)/C=C(\C#N)C(=O)N1CCC[C@@H]1Cn1c(NC(=O)c2ccc(C(F)F)s2)nc2cc(CNCC3(C)COC3)ccc21. The van der Waals surface area contributed by atoms with Crippen molar-refractivity contribution in [3.8, 4) is 6.07 Å². The summed E-state index contributed by atoms with van der Waals surface area (Å²) in [6.45, 7) is 11.8. The lowest BCUT2D eigenvalue weighted by Crippen LogP contribution is -2.47. The third kappa shape index (κ3) is 7.17. The van der Waals surface area contributed by atoms with Gasteiger partial charge in [-0.05, 0) is 48.1 Å². The molecule has 0 bridgehead atoms. The third-order valence-corrected chi connectivity index (χ3v) is 8.94. The number of amides is 2. The summed E-state index contributed by atoms with van der Waals surface area (Å²) in [5, 5.41) is 16.1. The number of rotatable bonds is 10. The van der Waals surface area contributed by atoms with Crippen LogP contribution in [0.5, 0.6) is 0 Å². The topological polar surface area (TPSA) is 112 Å². The van der Waals surface area contributed by atoms with E-state index >= 15 is 0 Å². The van der Waals surface area contributed by atoms with Crippen molar-refractivity contribution in [3.63, 3.8) is 0 Å². The second kappa shape index (κ2) is 12.8. The molecule has 2 N–H and O–H groups in total. The Morgan fingerprint density at radius 2 is 2.05 bits per heavy atom. The number of alkyl halides is 2. The maximum absolute atomic E-state index is 13.5. The number of hydrogen-bond donors (Lipinski definition) is 2. The highest BCUT2D eigenvalue weighted by atomic mass is 32.1. The van der Waals surface area contributed by atoms with E-state index < -0.39 is 12.3 Å². The first-order valence-corrected chi connectivity index (χ1v) is 15.6. The van der Waals surface area contributed by atoms with E-state index in [1.54, 1.807) is 11.0 Å². The second-order valence-corrected chi connectivity index (χ2v) is 14.2. The average Bonchev–Trinajstić information content (AvgIpc) is 3.69. The summed E-state index contributed by atoms with van der Waals surface area (Å²) in [7, 11) is 0. The molecule has 2 amide bonds. The number of thiophene rings is 1. The first-order valence-electron chi connectivity index (χ1n) is 14.8. The van der Waals surface area contributed by atoms with Gasteiger partial charge in [-0.1, -0.05) is 39.8 Å². The largest absolute Gasteiger partial charge is 0.380 e. The molecule has 0 unspecified atom stereocenters. The van der Waals surface area contributed by atoms with Gasteiger partial charge in [0.15, 0.2) is 0 Å². The number of aromatic nitrogens is 2. The number of nitriles is 1. The molecule has 2 aliphatic heterocycles. The zero-order chi connectivity index (χ0) is 31.6. The van der Waals surface area contributed by atoms with Gasteiger partial charge in [0.05, 0.1) is 40.0 Å². The van der Waals surface area contributed by atoms with Crippen molar-refractivity contribution in [1.82, 2.24) is 19.8 Å². The zero-order valence-corrected chi connectivity index (χ0v) is 26.3. The van der Waals surface area contributed by atoms with Crippen molar-refractivity contribution < 1.29 is 23.1 Å². The number of allylic oxidation sites excluding steroid dienone is 1. The van der Waals surface area contributed by atoms with Gasteiger partial charge in [-0.15, -0.1) is 11.3 Å². The van der Waals surface area contributed by atoms with Gasteiger partial charge < -0.3 is 19.5 Å². The van der Waals surface area contributed by atoms with E-state index in [2.05, 4.69) is 23.6 Å². The van der Waals surface area contributed by atoms with E-state index in [-0.39, 0.29) is 44.1 Å². The number of nitrogens with one attached hydrogen (secondary N) is 2. The number of halogens is 2. The molecule has 0 aliphatic carbocycles. The van der Waals surface area contributed by atoms with Crippen molar-refractivity contribution in [1.29, 1.82) is 5.26 Å². The van der Waals surface area contributed by atoms with E-state index in [1.807, 2.05) is 43.5 Å². The molecule has 44 heavy (non-hydrogen) atoms. The van der Waals surface area contributed by atoms with Crippen LogP contribution >= 0.6 is 11.3 Å². The molecule has 12 heteroatoms. The molecule has 9 nitrogen and oxygen atoms in total. The van der Waals surface area contributed by atoms with E-state index in [1.165, 1.54) is 12.1 Å². The average molecular weight is 625 g/mol. The number of fused-ring (bicyclic) bond motifs is 1. The van der Waals surface area contributed by atoms with Crippen LogP contribution in [0, 0.1) is 22.2 Å². The molecule has 4 heterocycles. The van der Waals surface area contributed by atoms with Gasteiger partial charge >= 0.3 is 0 Å². The Kier molecular flexibility index (Phi) is 9.20. The standard InChI is InChI=1S/C32H38F2N6O3S/c1-31(2,3)13-21(14-35)29(42)39-11-5-6-22(39)16-40-24-8-7-20(15-36-17-32(4)18-43-19-32)12-23(24)37-30(40)38-28(41)26-10-9-25(44-26)27(33)34/h7-10,12-13,22,27,36H,5-6,11,15-19H2,1-4H3,(H,37,38,41)/b21-13+/t22-/m1/s1. The third-order valence-electron chi connectivity index (χ3n) is 7.85. The van der Waals surface area contributed by atoms with Crippen LogP contribution in [0.2, 0.25) is 0 Å². The fourth-order valence-electron chi connectivity index (χ4n) is 5.62. The summed E-state index contributed by atoms with van der Waals surface area (Å²) in [4.78, 5) is 33.1. The lowest BCUT2D eigenvalue weighted by molar-refractivity contribution is -0.127. The highest BCUT2D eigenvalue weighted by molar-refractivity contribution is 7.14. The van der Waals surface area contributed by atoms with Gasteiger partial charge in [-0.3, -0.25) is 14.9 Å². The Labute approximate surface area is 259 Å². The Balaban J connectivity index is 1.43. The number of imidazole rings is 1. The summed E-state index contributed by atoms with van der Waals surface area (Å²) in [6.07, 6.45) is 0.546. The fraction of sp³-hybridized carbons (Fsp3) is 0.500. The van der Waals surface area contributed by atoms with E-state index in [9.17, 15) is 23.6 Å². The molecule has 2 fully saturated rings. The molecule has 0 spiro atoms. The van der Waals surface area contributed by atoms with Gasteiger partial charge in [0.2, 0.25) is 5.95 Å². The minimum absolute atomic E-state index is 0.111. The molecule has 2 saturated heterocycles. The Hall–Kier alpha value is -3.66. The van der Waals surface area contributed by atoms with Crippen LogP contribution in [0.4, 0.5) is 14.7 Å². The lowest BCUT2D eigenvalue weighted by atomic mass is 9.89. The smallest absolute Gasteiger partial charge is 0.272 e. The Bertz CT molecular complexity index is 1610. The van der Waals surface area contributed by atoms with E-state index in [4.69, 9.17) is 9.72 Å². The van der Waals surface area contributed by atoms with Crippen molar-refractivity contribution in [3.05, 3.63) is 57.3 Å². The summed E-state index contributed by atoms with van der Waals surface area (Å²) < 4.78 is 33.6. The predicted octanol–water partition coefficient (Wildman–Crippen LogP) is 5.90. The number of anilines is 1. The summed E-state index contributed by atoms with van der Waals surface area (Å²) in [6, 6.07) is 10.4. The lowest BCUT2D eigenvalue weighted by Gasteiger charge is -2.38. The quantitative estimate of drug-likeness (QED) is 0.215. The molecule has 234 valence electrons. The van der Waals surface area contributed by atoms with Crippen LogP contribution in [0.1, 0.15) is 67.1 Å². The van der Waals surface area contributed by atoms with Crippen LogP contribution < -0.4 is 10.6 Å². The molecule has 0 saturated carbocycles. The van der Waals surface area contributed by atoms with Crippen molar-refractivity contribution >= 4 is 40.1 Å². The van der Waals surface area contributed by atoms with Crippen molar-refractivity contribution in [2.24, 2.45) is 10.8 Å². The molecule has 1 aromatic carbocycles. The fourth-order valence-corrected chi connectivity index (χ4v) is 6.37. The highest BCUT2D eigenvalue weighted by Crippen LogP contribution is 2.31. The van der Waals surface area contributed by atoms with E-state index in [0.29, 0.717) is 25.2 Å². The number of ether oxygens (including phenoxy) is 1. The minimum Gasteiger partial charge on any atom is -0.380 e. The first-order chi connectivity index (χ1) is 20.9. The first kappa shape index (κ1) is 31.8. The molecular weight excluding hydrogens is 586 g/mol. The van der Waals surface area contributed by atoms with Crippen LogP contribution in [0.15, 0.2) is 42.0 Å². The molecule has 2 aliphatic rings. The highest BCUT2D eigenvalue weighted by Gasteiger charge is 2.34. The van der Waals surface area contributed by atoms with Gasteiger partial charge in [0, 0.05) is 31.6 Å². The molecule has 0 radical (unpaired) electrons. The number of benzene rings is 1. The molecule has 5 rings (SSSR count). The molecular formula is C32H38F2N6O3S. The number of nitrogens with zero attached hydrogens (tertiary/aromatic N) is 4. The van der Waals surface area contributed by atoms with E-state index in [0.717, 1.165) is 55.0 Å². The van der Waals surface area contributed by atoms with Crippen LogP contribution in [0.25, 0.3) is 11.0 Å². The number of hydrogen-bond acceptors (Lipinski definition) is 7. The maximum atomic E-state index is 13.5. The van der Waals surface area contributed by atoms with Gasteiger partial charge in [0.25, 0.3) is 18.2 Å². The normalized spacial score (nSPS) is 18.5. The number of carbonyl (C=O) groups excluding carboxylic acids is 2. The maximum Gasteiger partial charge on any atom is 0.272 e. The van der Waals surface area contributed by atoms with Gasteiger partial charge in [-0.25, -0.2) is 13.8 Å². The molecule has 1 atom stereocenters. The monoisotopic (exact) mass is 624 g/mol. The number of carbonyl (C=O) groups is 2. The molecule has 2 aromatic heterocycles. The Morgan fingerprint density at radius 3 is 2.68 bits per heavy atom. The zero-order valence-electron chi connectivity index (χ0n) is 25.5. The van der Waals surface area contributed by atoms with Crippen molar-refractivity contribution in [2.45, 2.75) is 66.1 Å². The summed E-state index contributed by atoms with van der Waals surface area (Å²) in [5.74, 6) is -0.571. The Morgan fingerprint density at radius 1 is 1.27 bits per heavy atom. The van der Waals surface area contributed by atoms with Crippen molar-refractivity contribution in [2.75, 3.05) is 31.6 Å². The van der Waals surface area contributed by atoms with Crippen LogP contribution in [-0.4, -0.2) is 58.6 Å². The van der Waals surface area contributed by atoms with Gasteiger partial charge in [0.1, 0.15) is 11.6 Å².